The highest BCUT2D eigenvalue weighted by atomic mass is 16.4. The van der Waals surface area contributed by atoms with Gasteiger partial charge in [0.05, 0.1) is 12.5 Å². The number of amides is 1. The van der Waals surface area contributed by atoms with E-state index in [4.69, 9.17) is 0 Å². The minimum absolute atomic E-state index is 0.252. The number of aliphatic carboxylic acids is 1. The van der Waals surface area contributed by atoms with Crippen molar-refractivity contribution >= 4 is 11.9 Å². The SMILES string of the molecule is CC1CC(C(=O)O)CN(CC(=O)N(C2CCCCC2)C2CCCCC2)C1. The van der Waals surface area contributed by atoms with Crippen LogP contribution in [0.25, 0.3) is 0 Å². The predicted molar refractivity (Wildman–Crippen MR) is 102 cm³/mol. The molecule has 26 heavy (non-hydrogen) atoms. The zero-order valence-corrected chi connectivity index (χ0v) is 16.4. The Morgan fingerprint density at radius 3 is 1.96 bits per heavy atom. The average Bonchev–Trinajstić information content (AvgIpc) is 2.63. The highest BCUT2D eigenvalue weighted by molar-refractivity contribution is 5.79. The number of carboxylic acid groups (broad SMARTS) is 1. The number of piperidine rings is 1. The average molecular weight is 365 g/mol. The number of likely N-dealkylation sites (tertiary alicyclic amines) is 1. The molecule has 3 aliphatic rings. The highest BCUT2D eigenvalue weighted by Crippen LogP contribution is 2.31. The van der Waals surface area contributed by atoms with E-state index in [1.165, 1.54) is 38.5 Å². The fourth-order valence-corrected chi connectivity index (χ4v) is 5.47. The van der Waals surface area contributed by atoms with Crippen molar-refractivity contribution in [2.45, 2.75) is 89.6 Å². The van der Waals surface area contributed by atoms with Crippen molar-refractivity contribution < 1.29 is 14.7 Å². The first-order chi connectivity index (χ1) is 12.5. The molecule has 1 amide bonds. The van der Waals surface area contributed by atoms with E-state index >= 15 is 0 Å². The smallest absolute Gasteiger partial charge is 0.307 e. The Balaban J connectivity index is 1.66. The summed E-state index contributed by atoms with van der Waals surface area (Å²) in [6.07, 6.45) is 12.9. The van der Waals surface area contributed by atoms with E-state index in [1.807, 2.05) is 0 Å². The lowest BCUT2D eigenvalue weighted by Crippen LogP contribution is -2.54. The van der Waals surface area contributed by atoms with Crippen molar-refractivity contribution in [3.05, 3.63) is 0 Å². The van der Waals surface area contributed by atoms with Gasteiger partial charge in [0, 0.05) is 25.2 Å². The van der Waals surface area contributed by atoms with E-state index in [1.54, 1.807) is 0 Å². The van der Waals surface area contributed by atoms with Crippen LogP contribution in [0.15, 0.2) is 0 Å². The largest absolute Gasteiger partial charge is 0.481 e. The molecule has 3 rings (SSSR count). The molecule has 0 aromatic heterocycles. The lowest BCUT2D eigenvalue weighted by Gasteiger charge is -2.43. The van der Waals surface area contributed by atoms with E-state index < -0.39 is 5.97 Å². The molecule has 3 fully saturated rings. The summed E-state index contributed by atoms with van der Waals surface area (Å²) in [7, 11) is 0. The molecule has 148 valence electrons. The van der Waals surface area contributed by atoms with Crippen LogP contribution < -0.4 is 0 Å². The van der Waals surface area contributed by atoms with E-state index in [9.17, 15) is 14.7 Å². The van der Waals surface area contributed by atoms with E-state index in [0.29, 0.717) is 31.1 Å². The molecule has 0 spiro atoms. The van der Waals surface area contributed by atoms with Gasteiger partial charge in [-0.1, -0.05) is 45.4 Å². The summed E-state index contributed by atoms with van der Waals surface area (Å²) < 4.78 is 0. The van der Waals surface area contributed by atoms with Gasteiger partial charge in [-0.05, 0) is 38.0 Å². The molecule has 0 aromatic carbocycles. The zero-order valence-electron chi connectivity index (χ0n) is 16.4. The van der Waals surface area contributed by atoms with E-state index in [2.05, 4.69) is 16.7 Å². The fraction of sp³-hybridized carbons (Fsp3) is 0.905. The number of carbonyl (C=O) groups is 2. The van der Waals surface area contributed by atoms with Crippen LogP contribution in [-0.4, -0.2) is 58.5 Å². The van der Waals surface area contributed by atoms with Gasteiger partial charge in [-0.3, -0.25) is 14.5 Å². The Hall–Kier alpha value is -1.10. The predicted octanol–water partition coefficient (Wildman–Crippen LogP) is 3.52. The summed E-state index contributed by atoms with van der Waals surface area (Å²) in [4.78, 5) is 29.1. The molecule has 5 nitrogen and oxygen atoms in total. The van der Waals surface area contributed by atoms with Crippen LogP contribution in [0.4, 0.5) is 0 Å². The number of carboxylic acids is 1. The van der Waals surface area contributed by atoms with Gasteiger partial charge in [0.15, 0.2) is 0 Å². The quantitative estimate of drug-likeness (QED) is 0.811. The monoisotopic (exact) mass is 364 g/mol. The molecule has 0 aromatic rings. The van der Waals surface area contributed by atoms with Gasteiger partial charge in [0.1, 0.15) is 0 Å². The Morgan fingerprint density at radius 2 is 1.46 bits per heavy atom. The molecule has 2 atom stereocenters. The molecule has 0 radical (unpaired) electrons. The van der Waals surface area contributed by atoms with Gasteiger partial charge >= 0.3 is 5.97 Å². The maximum Gasteiger partial charge on any atom is 0.307 e. The molecule has 2 unspecified atom stereocenters. The maximum atomic E-state index is 13.3. The Kier molecular flexibility index (Phi) is 6.96. The minimum Gasteiger partial charge on any atom is -0.481 e. The molecule has 1 aliphatic heterocycles. The molecule has 5 heteroatoms. The van der Waals surface area contributed by atoms with E-state index in [0.717, 1.165) is 38.6 Å². The third kappa shape index (κ3) is 4.99. The molecule has 1 saturated heterocycles. The normalized spacial score (nSPS) is 29.4. The van der Waals surface area contributed by atoms with Crippen LogP contribution in [-0.2, 0) is 9.59 Å². The summed E-state index contributed by atoms with van der Waals surface area (Å²) in [5.74, 6) is -0.452. The molecule has 1 heterocycles. The minimum atomic E-state index is -0.717. The molecule has 2 saturated carbocycles. The van der Waals surface area contributed by atoms with Gasteiger partial charge in [-0.2, -0.15) is 0 Å². The van der Waals surface area contributed by atoms with Gasteiger partial charge in [-0.15, -0.1) is 0 Å². The van der Waals surface area contributed by atoms with Crippen LogP contribution >= 0.6 is 0 Å². The number of hydrogen-bond acceptors (Lipinski definition) is 3. The van der Waals surface area contributed by atoms with Crippen molar-refractivity contribution in [3.63, 3.8) is 0 Å². The summed E-state index contributed by atoms with van der Waals surface area (Å²) >= 11 is 0. The van der Waals surface area contributed by atoms with Crippen LogP contribution in [0, 0.1) is 11.8 Å². The van der Waals surface area contributed by atoms with Crippen LogP contribution in [0.2, 0.25) is 0 Å². The topological polar surface area (TPSA) is 60.9 Å². The maximum absolute atomic E-state index is 13.3. The van der Waals surface area contributed by atoms with E-state index in [-0.39, 0.29) is 11.8 Å². The van der Waals surface area contributed by atoms with Crippen molar-refractivity contribution in [1.82, 2.24) is 9.80 Å². The first-order valence-electron chi connectivity index (χ1n) is 10.8. The Bertz CT molecular complexity index is 466. The third-order valence-corrected chi connectivity index (χ3v) is 6.67. The Labute approximate surface area is 158 Å². The number of rotatable bonds is 5. The summed E-state index contributed by atoms with van der Waals surface area (Å²) in [6.45, 7) is 3.88. The Morgan fingerprint density at radius 1 is 0.923 bits per heavy atom. The van der Waals surface area contributed by atoms with Gasteiger partial charge in [0.2, 0.25) is 5.91 Å². The van der Waals surface area contributed by atoms with Crippen molar-refractivity contribution in [3.8, 4) is 0 Å². The number of carbonyl (C=O) groups excluding carboxylic acids is 1. The van der Waals surface area contributed by atoms with Crippen molar-refractivity contribution in [2.24, 2.45) is 11.8 Å². The number of hydrogen-bond donors (Lipinski definition) is 1. The first-order valence-corrected chi connectivity index (χ1v) is 10.8. The van der Waals surface area contributed by atoms with Gasteiger partial charge in [-0.25, -0.2) is 0 Å². The molecular formula is C21H36N2O3. The van der Waals surface area contributed by atoms with Crippen LogP contribution in [0.3, 0.4) is 0 Å². The second kappa shape index (κ2) is 9.20. The summed E-state index contributed by atoms with van der Waals surface area (Å²) in [6, 6.07) is 0.827. The van der Waals surface area contributed by atoms with Crippen LogP contribution in [0.1, 0.15) is 77.6 Å². The lowest BCUT2D eigenvalue weighted by atomic mass is 9.88. The lowest BCUT2D eigenvalue weighted by molar-refractivity contribution is -0.147. The first kappa shape index (κ1) is 19.7. The van der Waals surface area contributed by atoms with Gasteiger partial charge in [0.25, 0.3) is 0 Å². The highest BCUT2D eigenvalue weighted by Gasteiger charge is 2.35. The molecule has 2 aliphatic carbocycles. The second-order valence-corrected chi connectivity index (χ2v) is 8.95. The van der Waals surface area contributed by atoms with Crippen molar-refractivity contribution in [1.29, 1.82) is 0 Å². The second-order valence-electron chi connectivity index (χ2n) is 8.95. The summed E-state index contributed by atoms with van der Waals surface area (Å²) in [5.41, 5.74) is 0. The fourth-order valence-electron chi connectivity index (χ4n) is 5.47. The van der Waals surface area contributed by atoms with Crippen molar-refractivity contribution in [2.75, 3.05) is 19.6 Å². The zero-order chi connectivity index (χ0) is 18.5. The molecular weight excluding hydrogens is 328 g/mol. The molecule has 0 bridgehead atoms. The summed E-state index contributed by atoms with van der Waals surface area (Å²) in [5, 5.41) is 9.40. The standard InChI is InChI=1S/C21H36N2O3/c1-16-12-17(21(25)26)14-22(13-16)15-20(24)23(18-8-4-2-5-9-18)19-10-6-3-7-11-19/h16-19H,2-15H2,1H3,(H,25,26). The number of nitrogens with zero attached hydrogens (tertiary/aromatic N) is 2. The molecule has 1 N–H and O–H groups in total. The third-order valence-electron chi connectivity index (χ3n) is 6.67. The van der Waals surface area contributed by atoms with Gasteiger partial charge < -0.3 is 10.0 Å². The van der Waals surface area contributed by atoms with Crippen LogP contribution in [0.5, 0.6) is 0 Å².